The van der Waals surface area contributed by atoms with Gasteiger partial charge in [-0.3, -0.25) is 4.79 Å². The van der Waals surface area contributed by atoms with Crippen LogP contribution in [0, 0.1) is 5.82 Å². The zero-order chi connectivity index (χ0) is 13.8. The molecule has 1 aliphatic rings. The largest absolute Gasteiger partial charge is 0.341 e. The summed E-state index contributed by atoms with van der Waals surface area (Å²) in [6.45, 7) is 1.42. The molecule has 1 atom stereocenters. The van der Waals surface area contributed by atoms with Crippen LogP contribution >= 0.6 is 11.6 Å². The van der Waals surface area contributed by atoms with Crippen molar-refractivity contribution in [1.29, 1.82) is 0 Å². The van der Waals surface area contributed by atoms with Crippen LogP contribution in [-0.4, -0.2) is 37.0 Å². The highest BCUT2D eigenvalue weighted by Gasteiger charge is 2.23. The first-order chi connectivity index (χ1) is 9.11. The van der Waals surface area contributed by atoms with Gasteiger partial charge in [0.05, 0.1) is 6.42 Å². The van der Waals surface area contributed by atoms with E-state index in [2.05, 4.69) is 5.32 Å². The highest BCUT2D eigenvalue weighted by molar-refractivity contribution is 6.31. The average Bonchev–Trinajstić information content (AvgIpc) is 2.43. The van der Waals surface area contributed by atoms with Gasteiger partial charge in [0.2, 0.25) is 5.91 Å². The normalized spacial score (nSPS) is 19.5. The van der Waals surface area contributed by atoms with Gasteiger partial charge in [0.15, 0.2) is 0 Å². The van der Waals surface area contributed by atoms with E-state index in [-0.39, 0.29) is 12.3 Å². The van der Waals surface area contributed by atoms with E-state index in [1.165, 1.54) is 6.07 Å². The number of likely N-dealkylation sites (tertiary alicyclic amines) is 1. The van der Waals surface area contributed by atoms with Gasteiger partial charge in [-0.25, -0.2) is 4.39 Å². The first-order valence-electron chi connectivity index (χ1n) is 6.49. The maximum absolute atomic E-state index is 13.7. The Labute approximate surface area is 117 Å². The Morgan fingerprint density at radius 2 is 2.37 bits per heavy atom. The van der Waals surface area contributed by atoms with Gasteiger partial charge in [-0.15, -0.1) is 0 Å². The SMILES string of the molecule is CN[C@@H]1CCCN(C(=O)Cc2c(F)cccc2Cl)C1. The average molecular weight is 285 g/mol. The van der Waals surface area contributed by atoms with Crippen LogP contribution in [0.3, 0.4) is 0 Å². The Morgan fingerprint density at radius 3 is 3.05 bits per heavy atom. The third kappa shape index (κ3) is 3.45. The molecular weight excluding hydrogens is 267 g/mol. The van der Waals surface area contributed by atoms with Crippen molar-refractivity contribution in [2.24, 2.45) is 0 Å². The van der Waals surface area contributed by atoms with Crippen molar-refractivity contribution in [2.75, 3.05) is 20.1 Å². The van der Waals surface area contributed by atoms with Crippen LogP contribution in [0.1, 0.15) is 18.4 Å². The topological polar surface area (TPSA) is 32.3 Å². The molecule has 1 N–H and O–H groups in total. The van der Waals surface area contributed by atoms with E-state index in [9.17, 15) is 9.18 Å². The van der Waals surface area contributed by atoms with Crippen LogP contribution in [0.2, 0.25) is 5.02 Å². The lowest BCUT2D eigenvalue weighted by molar-refractivity contribution is -0.131. The molecule has 1 aromatic carbocycles. The number of piperidine rings is 1. The lowest BCUT2D eigenvalue weighted by atomic mass is 10.0. The fourth-order valence-corrected chi connectivity index (χ4v) is 2.63. The highest BCUT2D eigenvalue weighted by Crippen LogP contribution is 2.21. The molecule has 1 amide bonds. The summed E-state index contributed by atoms with van der Waals surface area (Å²) in [6.07, 6.45) is 2.07. The van der Waals surface area contributed by atoms with Crippen molar-refractivity contribution in [3.8, 4) is 0 Å². The maximum atomic E-state index is 13.7. The number of nitrogens with zero attached hydrogens (tertiary/aromatic N) is 1. The molecular formula is C14H18ClFN2O. The first kappa shape index (κ1) is 14.3. The molecule has 1 saturated heterocycles. The minimum absolute atomic E-state index is 0.0297. The van der Waals surface area contributed by atoms with Gasteiger partial charge in [0.25, 0.3) is 0 Å². The summed E-state index contributed by atoms with van der Waals surface area (Å²) in [5, 5.41) is 3.50. The van der Waals surface area contributed by atoms with E-state index in [4.69, 9.17) is 11.6 Å². The summed E-state index contributed by atoms with van der Waals surface area (Å²) in [4.78, 5) is 14.0. The zero-order valence-electron chi connectivity index (χ0n) is 11.0. The Balaban J connectivity index is 2.04. The second-order valence-corrected chi connectivity index (χ2v) is 5.25. The molecule has 19 heavy (non-hydrogen) atoms. The maximum Gasteiger partial charge on any atom is 0.227 e. The van der Waals surface area contributed by atoms with Gasteiger partial charge in [0, 0.05) is 29.7 Å². The van der Waals surface area contributed by atoms with E-state index < -0.39 is 5.82 Å². The molecule has 0 saturated carbocycles. The van der Waals surface area contributed by atoms with E-state index in [1.54, 1.807) is 17.0 Å². The summed E-state index contributed by atoms with van der Waals surface area (Å²) >= 11 is 5.95. The Bertz CT molecular complexity index is 447. The van der Waals surface area contributed by atoms with Crippen LogP contribution in [0.25, 0.3) is 0 Å². The Kier molecular flexibility index (Phi) is 4.77. The minimum Gasteiger partial charge on any atom is -0.341 e. The second-order valence-electron chi connectivity index (χ2n) is 4.84. The molecule has 0 radical (unpaired) electrons. The van der Waals surface area contributed by atoms with E-state index >= 15 is 0 Å². The minimum atomic E-state index is -0.414. The van der Waals surface area contributed by atoms with Crippen molar-refractivity contribution in [3.63, 3.8) is 0 Å². The number of likely N-dealkylation sites (N-methyl/N-ethyl adjacent to an activating group) is 1. The monoisotopic (exact) mass is 284 g/mol. The number of hydrogen-bond acceptors (Lipinski definition) is 2. The molecule has 1 fully saturated rings. The standard InChI is InChI=1S/C14H18ClFN2O/c1-17-10-4-3-7-18(9-10)14(19)8-11-12(15)5-2-6-13(11)16/h2,5-6,10,17H,3-4,7-9H2,1H3/t10-/m1/s1. The molecule has 1 aliphatic heterocycles. The highest BCUT2D eigenvalue weighted by atomic mass is 35.5. The van der Waals surface area contributed by atoms with Gasteiger partial charge in [0.1, 0.15) is 5.82 Å². The molecule has 5 heteroatoms. The van der Waals surface area contributed by atoms with Crippen LogP contribution in [0.5, 0.6) is 0 Å². The molecule has 0 bridgehead atoms. The number of rotatable bonds is 3. The molecule has 1 heterocycles. The number of carbonyl (C=O) groups excluding carboxylic acids is 1. The predicted octanol–water partition coefficient (Wildman–Crippen LogP) is 2.23. The summed E-state index contributed by atoms with van der Waals surface area (Å²) < 4.78 is 13.7. The summed E-state index contributed by atoms with van der Waals surface area (Å²) in [5.74, 6) is -0.477. The fraction of sp³-hybridized carbons (Fsp3) is 0.500. The molecule has 1 aromatic rings. The quantitative estimate of drug-likeness (QED) is 0.923. The van der Waals surface area contributed by atoms with Crippen molar-refractivity contribution in [1.82, 2.24) is 10.2 Å². The Hall–Kier alpha value is -1.13. The van der Waals surface area contributed by atoms with E-state index in [0.717, 1.165) is 19.4 Å². The number of carbonyl (C=O) groups is 1. The van der Waals surface area contributed by atoms with Gasteiger partial charge in [-0.05, 0) is 32.0 Å². The lowest BCUT2D eigenvalue weighted by Gasteiger charge is -2.32. The molecule has 104 valence electrons. The zero-order valence-corrected chi connectivity index (χ0v) is 11.7. The van der Waals surface area contributed by atoms with Crippen molar-refractivity contribution in [2.45, 2.75) is 25.3 Å². The van der Waals surface area contributed by atoms with Gasteiger partial charge >= 0.3 is 0 Å². The van der Waals surface area contributed by atoms with Crippen LogP contribution in [-0.2, 0) is 11.2 Å². The molecule has 2 rings (SSSR count). The smallest absolute Gasteiger partial charge is 0.227 e. The molecule has 0 aliphatic carbocycles. The number of amides is 1. The van der Waals surface area contributed by atoms with Gasteiger partial charge in [-0.1, -0.05) is 17.7 Å². The summed E-state index contributed by atoms with van der Waals surface area (Å²) in [7, 11) is 1.90. The third-order valence-electron chi connectivity index (χ3n) is 3.57. The molecule has 0 spiro atoms. The van der Waals surface area contributed by atoms with Crippen LogP contribution in [0.4, 0.5) is 4.39 Å². The van der Waals surface area contributed by atoms with Crippen molar-refractivity contribution in [3.05, 3.63) is 34.6 Å². The van der Waals surface area contributed by atoms with E-state index in [1.807, 2.05) is 7.05 Å². The number of hydrogen-bond donors (Lipinski definition) is 1. The van der Waals surface area contributed by atoms with Crippen LogP contribution in [0.15, 0.2) is 18.2 Å². The third-order valence-corrected chi connectivity index (χ3v) is 3.93. The molecule has 0 unspecified atom stereocenters. The molecule has 0 aromatic heterocycles. The van der Waals surface area contributed by atoms with Crippen molar-refractivity contribution < 1.29 is 9.18 Å². The van der Waals surface area contributed by atoms with Crippen molar-refractivity contribution >= 4 is 17.5 Å². The summed E-state index contributed by atoms with van der Waals surface area (Å²) in [6, 6.07) is 4.82. The number of benzene rings is 1. The van der Waals surface area contributed by atoms with Crippen LogP contribution < -0.4 is 5.32 Å². The lowest BCUT2D eigenvalue weighted by Crippen LogP contribution is -2.47. The van der Waals surface area contributed by atoms with E-state index in [0.29, 0.717) is 23.2 Å². The first-order valence-corrected chi connectivity index (χ1v) is 6.87. The van der Waals surface area contributed by atoms with Gasteiger partial charge in [-0.2, -0.15) is 0 Å². The predicted molar refractivity (Wildman–Crippen MR) is 73.8 cm³/mol. The second kappa shape index (κ2) is 6.35. The number of nitrogens with one attached hydrogen (secondary N) is 1. The fourth-order valence-electron chi connectivity index (χ4n) is 2.40. The summed E-state index contributed by atoms with van der Waals surface area (Å²) in [5.41, 5.74) is 0.292. The number of halogens is 2. The van der Waals surface area contributed by atoms with Gasteiger partial charge < -0.3 is 10.2 Å². The molecule has 3 nitrogen and oxygen atoms in total. The Morgan fingerprint density at radius 1 is 1.58 bits per heavy atom.